The number of hydrogen-bond donors (Lipinski definition) is 2. The molecule has 0 bridgehead atoms. The van der Waals surface area contributed by atoms with Crippen LogP contribution >= 0.6 is 23.2 Å². The van der Waals surface area contributed by atoms with Crippen LogP contribution in [0.15, 0.2) is 47.0 Å². The number of hydroxylamine groups is 1. The standard InChI is InChI=1S/C28H29Cl2N5O8S/c1-41-28(38)26-31-22(32-43-26)14-42-33-25(36)23-16-7-3-4-8-17(16)27(37)35(24(23)18-12-11-15(29)13-19(18)30)21-10-6-5-9-20(21)34-44(2,39)40/h3-4,7-8,11-13,20-21,23-24,34H,5-6,9-10,14H2,1-2H3,(H,33,36). The Kier molecular flexibility index (Phi) is 9.56. The number of esters is 1. The zero-order valence-corrected chi connectivity index (χ0v) is 26.0. The van der Waals surface area contributed by atoms with Crippen molar-refractivity contribution in [2.45, 2.75) is 56.3 Å². The van der Waals surface area contributed by atoms with Gasteiger partial charge < -0.3 is 14.2 Å². The number of carbonyl (C=O) groups excluding carboxylic acids is 3. The Labute approximate surface area is 263 Å². The lowest BCUT2D eigenvalue weighted by molar-refractivity contribution is -0.138. The van der Waals surface area contributed by atoms with E-state index in [2.05, 4.69) is 25.1 Å². The minimum Gasteiger partial charge on any atom is -0.462 e. The Bertz CT molecular complexity index is 1680. The molecule has 1 aromatic heterocycles. The number of aromatic nitrogens is 2. The summed E-state index contributed by atoms with van der Waals surface area (Å²) < 4.78 is 36.8. The van der Waals surface area contributed by atoms with Gasteiger partial charge in [0.25, 0.3) is 11.8 Å². The van der Waals surface area contributed by atoms with Crippen LogP contribution in [0.4, 0.5) is 0 Å². The number of rotatable bonds is 9. The summed E-state index contributed by atoms with van der Waals surface area (Å²) in [4.78, 5) is 50.8. The number of nitrogens with one attached hydrogen (secondary N) is 2. The van der Waals surface area contributed by atoms with Crippen LogP contribution in [0.25, 0.3) is 0 Å². The van der Waals surface area contributed by atoms with Gasteiger partial charge in [-0.15, -0.1) is 0 Å². The van der Waals surface area contributed by atoms with Crippen molar-refractivity contribution in [1.82, 2.24) is 25.2 Å². The molecule has 1 saturated carbocycles. The van der Waals surface area contributed by atoms with E-state index >= 15 is 0 Å². The number of amides is 2. The summed E-state index contributed by atoms with van der Waals surface area (Å²) in [5.41, 5.74) is 3.59. The molecule has 4 atom stereocenters. The third kappa shape index (κ3) is 6.74. The van der Waals surface area contributed by atoms with E-state index in [1.165, 1.54) is 6.07 Å². The first-order valence-electron chi connectivity index (χ1n) is 13.6. The second-order valence-electron chi connectivity index (χ2n) is 10.5. The molecule has 2 amide bonds. The first-order valence-corrected chi connectivity index (χ1v) is 16.3. The van der Waals surface area contributed by atoms with Gasteiger partial charge in [-0.1, -0.05) is 65.5 Å². The lowest BCUT2D eigenvalue weighted by Gasteiger charge is -2.49. The zero-order valence-electron chi connectivity index (χ0n) is 23.7. The Morgan fingerprint density at radius 3 is 2.59 bits per heavy atom. The molecule has 234 valence electrons. The molecule has 0 spiro atoms. The van der Waals surface area contributed by atoms with E-state index in [1.807, 2.05) is 0 Å². The number of nitrogens with zero attached hydrogens (tertiary/aromatic N) is 3. The molecule has 1 aliphatic carbocycles. The van der Waals surface area contributed by atoms with Crippen molar-refractivity contribution in [3.05, 3.63) is 80.9 Å². The number of methoxy groups -OCH3 is 1. The normalized spacial score (nSPS) is 21.9. The molecule has 1 aliphatic heterocycles. The number of sulfonamides is 1. The molecule has 2 N–H and O–H groups in total. The van der Waals surface area contributed by atoms with Gasteiger partial charge in [-0.25, -0.2) is 23.4 Å². The topological polar surface area (TPSA) is 170 Å². The maximum Gasteiger partial charge on any atom is 0.397 e. The van der Waals surface area contributed by atoms with Crippen LogP contribution in [0.3, 0.4) is 0 Å². The van der Waals surface area contributed by atoms with Crippen molar-refractivity contribution in [2.75, 3.05) is 13.4 Å². The van der Waals surface area contributed by atoms with Gasteiger partial charge in [-0.05, 0) is 42.2 Å². The Morgan fingerprint density at radius 1 is 1.11 bits per heavy atom. The summed E-state index contributed by atoms with van der Waals surface area (Å²) in [6.45, 7) is -0.349. The highest BCUT2D eigenvalue weighted by molar-refractivity contribution is 7.88. The molecule has 1 fully saturated rings. The molecule has 0 saturated heterocycles. The van der Waals surface area contributed by atoms with Gasteiger partial charge in [-0.2, -0.15) is 4.98 Å². The molecule has 2 aliphatic rings. The molecule has 2 heterocycles. The summed E-state index contributed by atoms with van der Waals surface area (Å²) in [6.07, 6.45) is 3.58. The summed E-state index contributed by atoms with van der Waals surface area (Å²) >= 11 is 12.9. The lowest BCUT2D eigenvalue weighted by Crippen LogP contribution is -2.59. The van der Waals surface area contributed by atoms with Crippen LogP contribution in [-0.4, -0.2) is 66.7 Å². The average Bonchev–Trinajstić information content (AvgIpc) is 3.45. The molecular weight excluding hydrogens is 637 g/mol. The second kappa shape index (κ2) is 13.2. The van der Waals surface area contributed by atoms with Crippen LogP contribution in [-0.2, 0) is 31.0 Å². The highest BCUT2D eigenvalue weighted by atomic mass is 35.5. The molecular formula is C28H29Cl2N5O8S. The number of benzene rings is 2. The number of hydrogen-bond acceptors (Lipinski definition) is 10. The van der Waals surface area contributed by atoms with Gasteiger partial charge >= 0.3 is 11.9 Å². The fourth-order valence-corrected chi connectivity index (χ4v) is 7.19. The molecule has 16 heteroatoms. The maximum absolute atomic E-state index is 14.3. The van der Waals surface area contributed by atoms with E-state index in [0.717, 1.165) is 26.2 Å². The van der Waals surface area contributed by atoms with E-state index < -0.39 is 45.9 Å². The van der Waals surface area contributed by atoms with Gasteiger partial charge in [0.1, 0.15) is 6.61 Å². The number of carbonyl (C=O) groups is 3. The van der Waals surface area contributed by atoms with Gasteiger partial charge in [0.2, 0.25) is 15.8 Å². The summed E-state index contributed by atoms with van der Waals surface area (Å²) in [7, 11) is -2.46. The summed E-state index contributed by atoms with van der Waals surface area (Å²) in [5.74, 6) is -3.26. The molecule has 3 aromatic rings. The van der Waals surface area contributed by atoms with Crippen LogP contribution in [0.1, 0.15) is 75.6 Å². The van der Waals surface area contributed by atoms with Crippen molar-refractivity contribution < 1.29 is 36.9 Å². The first kappa shape index (κ1) is 31.9. The van der Waals surface area contributed by atoms with E-state index in [1.54, 1.807) is 41.3 Å². The number of fused-ring (bicyclic) bond motifs is 1. The van der Waals surface area contributed by atoms with E-state index in [-0.39, 0.29) is 29.3 Å². The quantitative estimate of drug-likeness (QED) is 0.254. The highest BCUT2D eigenvalue weighted by Crippen LogP contribution is 2.47. The van der Waals surface area contributed by atoms with Crippen LogP contribution in [0.5, 0.6) is 0 Å². The monoisotopic (exact) mass is 665 g/mol. The molecule has 5 rings (SSSR count). The fourth-order valence-electron chi connectivity index (χ4n) is 5.85. The van der Waals surface area contributed by atoms with E-state index in [9.17, 15) is 22.8 Å². The number of halogens is 2. The Morgan fingerprint density at radius 2 is 1.86 bits per heavy atom. The van der Waals surface area contributed by atoms with Crippen LogP contribution < -0.4 is 10.2 Å². The minimum atomic E-state index is -3.62. The van der Waals surface area contributed by atoms with Crippen molar-refractivity contribution in [3.8, 4) is 0 Å². The highest BCUT2D eigenvalue weighted by Gasteiger charge is 2.49. The van der Waals surface area contributed by atoms with Crippen molar-refractivity contribution in [3.63, 3.8) is 0 Å². The van der Waals surface area contributed by atoms with E-state index in [4.69, 9.17) is 32.6 Å². The third-order valence-corrected chi connectivity index (χ3v) is 8.89. The molecule has 0 radical (unpaired) electrons. The van der Waals surface area contributed by atoms with Crippen LogP contribution in [0.2, 0.25) is 10.0 Å². The molecule has 13 nitrogen and oxygen atoms in total. The average molecular weight is 667 g/mol. The second-order valence-corrected chi connectivity index (χ2v) is 13.1. The Hall–Kier alpha value is -3.56. The van der Waals surface area contributed by atoms with Crippen molar-refractivity contribution >= 4 is 51.0 Å². The Balaban J connectivity index is 1.55. The van der Waals surface area contributed by atoms with Gasteiger partial charge in [-0.3, -0.25) is 14.4 Å². The van der Waals surface area contributed by atoms with Gasteiger partial charge in [0, 0.05) is 27.7 Å². The largest absolute Gasteiger partial charge is 0.462 e. The zero-order chi connectivity index (χ0) is 31.6. The van der Waals surface area contributed by atoms with Crippen LogP contribution in [0, 0.1) is 0 Å². The van der Waals surface area contributed by atoms with E-state index in [0.29, 0.717) is 34.6 Å². The molecule has 44 heavy (non-hydrogen) atoms. The number of ether oxygens (including phenoxy) is 1. The smallest absolute Gasteiger partial charge is 0.397 e. The van der Waals surface area contributed by atoms with Crippen molar-refractivity contribution in [2.24, 2.45) is 0 Å². The maximum atomic E-state index is 14.3. The molecule has 2 aromatic carbocycles. The predicted molar refractivity (Wildman–Crippen MR) is 157 cm³/mol. The first-order chi connectivity index (χ1) is 21.0. The summed E-state index contributed by atoms with van der Waals surface area (Å²) in [6, 6.07) is 9.35. The lowest BCUT2D eigenvalue weighted by atomic mass is 9.76. The van der Waals surface area contributed by atoms with Gasteiger partial charge in [0.15, 0.2) is 0 Å². The van der Waals surface area contributed by atoms with Crippen molar-refractivity contribution in [1.29, 1.82) is 0 Å². The van der Waals surface area contributed by atoms with Gasteiger partial charge in [0.05, 0.1) is 25.3 Å². The minimum absolute atomic E-state index is 0.0271. The molecule has 4 unspecified atom stereocenters. The SMILES string of the molecule is COC(=O)c1nc(CONC(=O)C2c3ccccc3C(=O)N(C3CCCCC3NS(C)(=O)=O)C2c2ccc(Cl)cc2Cl)no1. The summed E-state index contributed by atoms with van der Waals surface area (Å²) in [5, 5.41) is 4.22. The fraction of sp³-hybridized carbons (Fsp3) is 0.393. The third-order valence-electron chi connectivity index (χ3n) is 7.59. The predicted octanol–water partition coefficient (Wildman–Crippen LogP) is 3.55.